The fourth-order valence-corrected chi connectivity index (χ4v) is 8.27. The Labute approximate surface area is 286 Å². The average Bonchev–Trinajstić information content (AvgIpc) is 3.70. The van der Waals surface area contributed by atoms with E-state index in [1.165, 1.54) is 4.90 Å². The van der Waals surface area contributed by atoms with Gasteiger partial charge in [0.05, 0.1) is 30.5 Å². The van der Waals surface area contributed by atoms with Gasteiger partial charge in [0.1, 0.15) is 24.4 Å². The molecule has 10 nitrogen and oxygen atoms in total. The normalized spacial score (nSPS) is 30.6. The summed E-state index contributed by atoms with van der Waals surface area (Å²) in [5.41, 5.74) is -0.123. The first-order valence-corrected chi connectivity index (χ1v) is 17.0. The maximum Gasteiger partial charge on any atom is 0.306 e. The van der Waals surface area contributed by atoms with Crippen LogP contribution in [0.4, 0.5) is 5.69 Å². The highest BCUT2D eigenvalue weighted by Gasteiger charge is 2.75. The van der Waals surface area contributed by atoms with Gasteiger partial charge in [-0.1, -0.05) is 88.7 Å². The molecular weight excluding hydrogens is 678 g/mol. The second kappa shape index (κ2) is 12.9. The molecule has 11 heteroatoms. The molecule has 1 spiro atoms. The number of hydrogen-bond donors (Lipinski definition) is 2. The molecule has 248 valence electrons. The van der Waals surface area contributed by atoms with Crippen LogP contribution in [-0.2, 0) is 28.7 Å². The molecule has 4 heterocycles. The molecule has 3 aromatic rings. The maximum atomic E-state index is 15.0. The minimum atomic E-state index is -1.47. The first kappa shape index (κ1) is 32.2. The zero-order valence-electron chi connectivity index (χ0n) is 26.3. The van der Waals surface area contributed by atoms with Crippen LogP contribution < -0.4 is 10.2 Å². The molecule has 5 bridgehead atoms. The number of hydrogen-bond acceptors (Lipinski definition) is 7. The Hall–Kier alpha value is -4.32. The quantitative estimate of drug-likeness (QED) is 0.307. The van der Waals surface area contributed by atoms with Gasteiger partial charge in [-0.05, 0) is 47.9 Å². The number of carbonyl (C=O) groups excluding carboxylic acids is 4. The third-order valence-corrected chi connectivity index (χ3v) is 10.5. The summed E-state index contributed by atoms with van der Waals surface area (Å²) < 4.78 is 12.8. The molecule has 0 radical (unpaired) electrons. The number of rotatable bonds is 4. The van der Waals surface area contributed by atoms with E-state index in [-0.39, 0.29) is 26.2 Å². The van der Waals surface area contributed by atoms with E-state index in [9.17, 15) is 19.5 Å². The lowest BCUT2D eigenvalue weighted by Crippen LogP contribution is -2.58. The van der Waals surface area contributed by atoms with Gasteiger partial charge in [-0.2, -0.15) is 0 Å². The summed E-state index contributed by atoms with van der Waals surface area (Å²) in [7, 11) is 0. The van der Waals surface area contributed by atoms with Crippen LogP contribution in [0.3, 0.4) is 0 Å². The van der Waals surface area contributed by atoms with Crippen molar-refractivity contribution in [3.63, 3.8) is 0 Å². The van der Waals surface area contributed by atoms with Crippen molar-refractivity contribution in [2.45, 2.75) is 49.6 Å². The van der Waals surface area contributed by atoms with Gasteiger partial charge in [0.2, 0.25) is 11.8 Å². The number of allylic oxidation sites excluding steroid dienone is 1. The third-order valence-electron chi connectivity index (χ3n) is 9.85. The number of nitrogens with one attached hydrogen (secondary N) is 1. The lowest BCUT2D eigenvalue weighted by molar-refractivity contribution is -0.146. The predicted molar refractivity (Wildman–Crippen MR) is 182 cm³/mol. The van der Waals surface area contributed by atoms with Gasteiger partial charge >= 0.3 is 5.97 Å². The van der Waals surface area contributed by atoms with Crippen molar-refractivity contribution >= 4 is 56.1 Å². The number of fused-ring (bicyclic) bond motifs is 3. The van der Waals surface area contributed by atoms with Crippen LogP contribution in [0.25, 0.3) is 10.8 Å². The Bertz CT molecular complexity index is 1830. The number of ether oxygens (including phenoxy) is 2. The summed E-state index contributed by atoms with van der Waals surface area (Å²) in [4.78, 5) is 59.6. The molecule has 2 N–H and O–H groups in total. The summed E-state index contributed by atoms with van der Waals surface area (Å²) in [6.45, 7) is 1.35. The predicted octanol–water partition coefficient (Wildman–Crippen LogP) is 4.18. The van der Waals surface area contributed by atoms with Crippen molar-refractivity contribution in [2.24, 2.45) is 11.8 Å². The first-order chi connectivity index (χ1) is 23.2. The summed E-state index contributed by atoms with van der Waals surface area (Å²) in [5.74, 6) is -3.75. The molecule has 2 fully saturated rings. The van der Waals surface area contributed by atoms with Crippen LogP contribution >= 0.6 is 15.9 Å². The maximum absolute atomic E-state index is 15.0. The summed E-state index contributed by atoms with van der Waals surface area (Å²) in [6, 6.07) is 20.1. The first-order valence-electron chi connectivity index (χ1n) is 16.2. The Kier molecular flexibility index (Phi) is 8.69. The van der Waals surface area contributed by atoms with Crippen LogP contribution in [0.2, 0.25) is 0 Å². The smallest absolute Gasteiger partial charge is 0.306 e. The number of aliphatic hydroxyl groups is 1. The fraction of sp³-hybridized carbons (Fsp3) is 0.351. The molecule has 4 aliphatic heterocycles. The van der Waals surface area contributed by atoms with Crippen LogP contribution in [-0.4, -0.2) is 77.2 Å². The van der Waals surface area contributed by atoms with Crippen molar-refractivity contribution in [3.8, 4) is 0 Å². The van der Waals surface area contributed by atoms with Crippen molar-refractivity contribution in [2.75, 3.05) is 24.7 Å². The number of halogens is 1. The molecular formula is C37H36BrN3O7. The van der Waals surface area contributed by atoms with Gasteiger partial charge in [0.25, 0.3) is 5.91 Å². The molecule has 0 aliphatic carbocycles. The van der Waals surface area contributed by atoms with Crippen molar-refractivity contribution in [3.05, 3.63) is 101 Å². The minimum Gasteiger partial charge on any atom is -0.463 e. The van der Waals surface area contributed by atoms with E-state index in [2.05, 4.69) is 21.2 Å². The van der Waals surface area contributed by atoms with E-state index in [1.807, 2.05) is 84.9 Å². The number of cyclic esters (lactones) is 1. The number of carbonyl (C=O) groups is 4. The highest BCUT2D eigenvalue weighted by Crippen LogP contribution is 2.59. The Morgan fingerprint density at radius 1 is 0.979 bits per heavy atom. The number of amides is 3. The number of benzene rings is 3. The van der Waals surface area contributed by atoms with Gasteiger partial charge in [-0.3, -0.25) is 19.2 Å². The van der Waals surface area contributed by atoms with Gasteiger partial charge in [0, 0.05) is 23.1 Å². The molecule has 0 unspecified atom stereocenters. The van der Waals surface area contributed by atoms with E-state index in [1.54, 1.807) is 17.9 Å². The molecule has 3 amide bonds. The molecule has 2 saturated heterocycles. The fourth-order valence-electron chi connectivity index (χ4n) is 7.53. The topological polar surface area (TPSA) is 125 Å². The summed E-state index contributed by atoms with van der Waals surface area (Å²) in [5, 5.41) is 15.3. The van der Waals surface area contributed by atoms with E-state index >= 15 is 4.79 Å². The third kappa shape index (κ3) is 5.43. The number of aliphatic hydroxyl groups excluding tert-OH is 1. The highest BCUT2D eigenvalue weighted by molar-refractivity contribution is 9.11. The lowest BCUT2D eigenvalue weighted by Gasteiger charge is -2.37. The summed E-state index contributed by atoms with van der Waals surface area (Å²) in [6.07, 6.45) is 5.10. The molecule has 7 atom stereocenters. The van der Waals surface area contributed by atoms with Crippen molar-refractivity contribution in [1.82, 2.24) is 10.2 Å². The van der Waals surface area contributed by atoms with E-state index in [0.29, 0.717) is 16.6 Å². The molecule has 4 aliphatic rings. The molecule has 3 aromatic carbocycles. The molecule has 48 heavy (non-hydrogen) atoms. The summed E-state index contributed by atoms with van der Waals surface area (Å²) >= 11 is 3.60. The van der Waals surface area contributed by atoms with Gasteiger partial charge < -0.3 is 29.7 Å². The van der Waals surface area contributed by atoms with Crippen LogP contribution in [0.5, 0.6) is 0 Å². The second-order valence-corrected chi connectivity index (χ2v) is 13.7. The van der Waals surface area contributed by atoms with E-state index in [4.69, 9.17) is 9.47 Å². The van der Waals surface area contributed by atoms with Crippen LogP contribution in [0, 0.1) is 11.8 Å². The second-order valence-electron chi connectivity index (χ2n) is 12.7. The van der Waals surface area contributed by atoms with E-state index < -0.39 is 65.4 Å². The Morgan fingerprint density at radius 2 is 1.73 bits per heavy atom. The standard InChI is InChI=1S/C37H36BrN3O7/c1-22(20-42)41-33-36(46)40(26-16-15-23-10-7-8-13-25(23)18-26)17-9-3-6-14-29(43)47-21-28(24-11-4-2-5-12-24)39-34(44)30-31(35(41)45)37(33)19-27(38)32(30)48-37/h2-5,7-13,15-16,18-19,22,28,30-33,42H,6,14,17,20-21H2,1H3,(H,39,44)/b9-3-/t22-,28-,30-,31+,32-,33-,37+/m1/s1. The molecule has 0 saturated carbocycles. The largest absolute Gasteiger partial charge is 0.463 e. The van der Waals surface area contributed by atoms with Gasteiger partial charge in [0.15, 0.2) is 0 Å². The zero-order chi connectivity index (χ0) is 33.6. The van der Waals surface area contributed by atoms with E-state index in [0.717, 1.165) is 16.3 Å². The molecule has 0 aromatic heterocycles. The van der Waals surface area contributed by atoms with Crippen LogP contribution in [0.1, 0.15) is 31.4 Å². The van der Waals surface area contributed by atoms with Gasteiger partial charge in [-0.15, -0.1) is 0 Å². The van der Waals surface area contributed by atoms with Crippen molar-refractivity contribution < 1.29 is 33.8 Å². The van der Waals surface area contributed by atoms with Gasteiger partial charge in [-0.25, -0.2) is 0 Å². The Balaban J connectivity index is 1.34. The minimum absolute atomic E-state index is 0.0954. The lowest BCUT2D eigenvalue weighted by atomic mass is 9.74. The number of nitrogens with zero attached hydrogens (tertiary/aromatic N) is 2. The number of esters is 1. The average molecular weight is 715 g/mol. The number of anilines is 1. The van der Waals surface area contributed by atoms with Crippen molar-refractivity contribution in [1.29, 1.82) is 0 Å². The SMILES string of the molecule is C[C@H](CO)N1C(=O)[C@@H]2[C@H]3C(=O)N[C@@H](c4ccccc4)COC(=O)CC/C=C\CN(c4ccc5ccccc5c4)C(=O)[C@@H]1[C@]21C=C(Br)[C@H]3O1. The Morgan fingerprint density at radius 3 is 2.50 bits per heavy atom. The monoisotopic (exact) mass is 713 g/mol. The van der Waals surface area contributed by atoms with Crippen LogP contribution in [0.15, 0.2) is 95.5 Å². The number of likely N-dealkylation sites (tertiary alicyclic amines) is 1. The molecule has 7 rings (SSSR count). The zero-order valence-corrected chi connectivity index (χ0v) is 27.9. The highest BCUT2D eigenvalue weighted by atomic mass is 79.9.